The van der Waals surface area contributed by atoms with E-state index in [-0.39, 0.29) is 0 Å². The predicted octanol–water partition coefficient (Wildman–Crippen LogP) is 2.86. The lowest BCUT2D eigenvalue weighted by molar-refractivity contribution is 0.373. The number of nitrogens with one attached hydrogen (secondary N) is 2. The summed E-state index contributed by atoms with van der Waals surface area (Å²) in [6, 6.07) is 8.19. The van der Waals surface area contributed by atoms with Crippen molar-refractivity contribution in [3.05, 3.63) is 24.3 Å². The van der Waals surface area contributed by atoms with Crippen LogP contribution in [0, 0.1) is 5.92 Å². The molecule has 0 amide bonds. The molecule has 3 rings (SSSR count). The zero-order valence-electron chi connectivity index (χ0n) is 11.0. The molecule has 0 saturated heterocycles. The second-order valence-electron chi connectivity index (χ2n) is 5.20. The third-order valence-corrected chi connectivity index (χ3v) is 3.79. The van der Waals surface area contributed by atoms with Crippen LogP contribution >= 0.6 is 0 Å². The van der Waals surface area contributed by atoms with E-state index in [2.05, 4.69) is 38.1 Å². The van der Waals surface area contributed by atoms with Gasteiger partial charge >= 0.3 is 0 Å². The van der Waals surface area contributed by atoms with Crippen molar-refractivity contribution in [1.82, 2.24) is 20.6 Å². The maximum Gasteiger partial charge on any atom is 0.204 e. The van der Waals surface area contributed by atoms with Crippen LogP contribution in [0.3, 0.4) is 0 Å². The van der Waals surface area contributed by atoms with Crippen LogP contribution in [0.2, 0.25) is 0 Å². The van der Waals surface area contributed by atoms with Gasteiger partial charge in [0.1, 0.15) is 0 Å². The minimum absolute atomic E-state index is 0.640. The number of hydrogen-bond donors (Lipinski definition) is 2. The first-order chi connectivity index (χ1) is 9.42. The summed E-state index contributed by atoms with van der Waals surface area (Å²) in [6.07, 6.45) is 6.89. The van der Waals surface area contributed by atoms with E-state index in [1.165, 1.54) is 32.1 Å². The van der Waals surface area contributed by atoms with Crippen LogP contribution < -0.4 is 5.32 Å². The van der Waals surface area contributed by atoms with Crippen molar-refractivity contribution >= 4 is 5.69 Å². The summed E-state index contributed by atoms with van der Waals surface area (Å²) in [7, 11) is 0. The average molecular weight is 257 g/mol. The van der Waals surface area contributed by atoms with E-state index in [1.807, 2.05) is 12.1 Å². The molecule has 0 aliphatic heterocycles. The first-order valence-corrected chi connectivity index (χ1v) is 6.99. The molecule has 5 heteroatoms. The fourth-order valence-corrected chi connectivity index (χ4v) is 2.71. The van der Waals surface area contributed by atoms with Gasteiger partial charge in [-0.1, -0.05) is 31.4 Å². The highest BCUT2D eigenvalue weighted by Crippen LogP contribution is 2.24. The van der Waals surface area contributed by atoms with E-state index in [9.17, 15) is 0 Å². The number of hydrogen-bond acceptors (Lipinski definition) is 4. The molecule has 1 aromatic carbocycles. The van der Waals surface area contributed by atoms with Crippen LogP contribution in [-0.2, 0) is 0 Å². The topological polar surface area (TPSA) is 66.5 Å². The summed E-state index contributed by atoms with van der Waals surface area (Å²) < 4.78 is 0. The molecule has 0 bridgehead atoms. The molecule has 5 nitrogen and oxygen atoms in total. The molecule has 1 aliphatic rings. The van der Waals surface area contributed by atoms with Crippen LogP contribution in [0.25, 0.3) is 11.4 Å². The molecule has 2 N–H and O–H groups in total. The van der Waals surface area contributed by atoms with E-state index in [0.29, 0.717) is 5.82 Å². The maximum atomic E-state index is 4.00. The van der Waals surface area contributed by atoms with Gasteiger partial charge in [0, 0.05) is 17.8 Å². The Labute approximate surface area is 112 Å². The summed E-state index contributed by atoms with van der Waals surface area (Å²) in [5.74, 6) is 1.46. The standard InChI is InChI=1S/C14H19N5/c1-2-5-11(6-3-1)10-15-13-8-4-7-12(9-13)14-16-18-19-17-14/h4,7-9,11,15H,1-3,5-6,10H2,(H,16,17,18,19). The molecule has 1 aliphatic carbocycles. The summed E-state index contributed by atoms with van der Waals surface area (Å²) in [6.45, 7) is 1.07. The molecule has 100 valence electrons. The Balaban J connectivity index is 1.63. The smallest absolute Gasteiger partial charge is 0.204 e. The van der Waals surface area contributed by atoms with Crippen molar-refractivity contribution in [1.29, 1.82) is 0 Å². The van der Waals surface area contributed by atoms with Crippen LogP contribution in [-0.4, -0.2) is 27.2 Å². The minimum Gasteiger partial charge on any atom is -0.385 e. The highest BCUT2D eigenvalue weighted by molar-refractivity contribution is 5.61. The van der Waals surface area contributed by atoms with Crippen molar-refractivity contribution < 1.29 is 0 Å². The summed E-state index contributed by atoms with van der Waals surface area (Å²) in [5, 5.41) is 17.6. The van der Waals surface area contributed by atoms with Crippen LogP contribution in [0.4, 0.5) is 5.69 Å². The number of tetrazole rings is 1. The molecule has 0 unspecified atom stereocenters. The van der Waals surface area contributed by atoms with Crippen molar-refractivity contribution in [2.24, 2.45) is 5.92 Å². The first kappa shape index (κ1) is 12.1. The quantitative estimate of drug-likeness (QED) is 0.883. The summed E-state index contributed by atoms with van der Waals surface area (Å²) >= 11 is 0. The lowest BCUT2D eigenvalue weighted by atomic mass is 9.89. The van der Waals surface area contributed by atoms with E-state index in [4.69, 9.17) is 0 Å². The molecule has 1 saturated carbocycles. The maximum absolute atomic E-state index is 4.00. The average Bonchev–Trinajstić information content (AvgIpc) is 3.01. The van der Waals surface area contributed by atoms with Gasteiger partial charge < -0.3 is 5.32 Å². The molecule has 1 heterocycles. The van der Waals surface area contributed by atoms with Gasteiger partial charge in [-0.25, -0.2) is 0 Å². The molecule has 2 aromatic rings. The third-order valence-electron chi connectivity index (χ3n) is 3.79. The third kappa shape index (κ3) is 3.10. The molecule has 0 radical (unpaired) electrons. The zero-order chi connectivity index (χ0) is 12.9. The van der Waals surface area contributed by atoms with Crippen molar-refractivity contribution in [3.8, 4) is 11.4 Å². The number of anilines is 1. The van der Waals surface area contributed by atoms with Gasteiger partial charge in [0.25, 0.3) is 0 Å². The molecule has 0 spiro atoms. The normalized spacial score (nSPS) is 16.4. The number of rotatable bonds is 4. The van der Waals surface area contributed by atoms with Crippen molar-refractivity contribution in [3.63, 3.8) is 0 Å². The van der Waals surface area contributed by atoms with Gasteiger partial charge in [0.05, 0.1) is 0 Å². The lowest BCUT2D eigenvalue weighted by Gasteiger charge is -2.22. The number of aromatic amines is 1. The SMILES string of the molecule is c1cc(NCC2CCCCC2)cc(-c2nn[nH]n2)c1. The van der Waals surface area contributed by atoms with Gasteiger partial charge in [-0.05, 0) is 36.1 Å². The molecule has 0 atom stereocenters. The van der Waals surface area contributed by atoms with E-state index in [1.54, 1.807) is 0 Å². The van der Waals surface area contributed by atoms with Gasteiger partial charge in [0.15, 0.2) is 0 Å². The zero-order valence-corrected chi connectivity index (χ0v) is 11.0. The van der Waals surface area contributed by atoms with Gasteiger partial charge in [-0.3, -0.25) is 0 Å². The Kier molecular flexibility index (Phi) is 3.72. The van der Waals surface area contributed by atoms with Crippen LogP contribution in [0.1, 0.15) is 32.1 Å². The second kappa shape index (κ2) is 5.82. The predicted molar refractivity (Wildman–Crippen MR) is 74.7 cm³/mol. The number of nitrogens with zero attached hydrogens (tertiary/aromatic N) is 3. The van der Waals surface area contributed by atoms with Crippen LogP contribution in [0.5, 0.6) is 0 Å². The van der Waals surface area contributed by atoms with E-state index < -0.39 is 0 Å². The molecule has 19 heavy (non-hydrogen) atoms. The van der Waals surface area contributed by atoms with E-state index >= 15 is 0 Å². The fourth-order valence-electron chi connectivity index (χ4n) is 2.71. The highest BCUT2D eigenvalue weighted by Gasteiger charge is 2.13. The minimum atomic E-state index is 0.640. The monoisotopic (exact) mass is 257 g/mol. The number of aromatic nitrogens is 4. The molecular formula is C14H19N5. The Morgan fingerprint density at radius 2 is 2.11 bits per heavy atom. The van der Waals surface area contributed by atoms with Gasteiger partial charge in [-0.2, -0.15) is 5.21 Å². The Hall–Kier alpha value is -1.91. The molecule has 1 fully saturated rings. The number of H-pyrrole nitrogens is 1. The van der Waals surface area contributed by atoms with Crippen molar-refractivity contribution in [2.75, 3.05) is 11.9 Å². The van der Waals surface area contributed by atoms with Crippen molar-refractivity contribution in [2.45, 2.75) is 32.1 Å². The largest absolute Gasteiger partial charge is 0.385 e. The molecule has 1 aromatic heterocycles. The fraction of sp³-hybridized carbons (Fsp3) is 0.500. The molecular weight excluding hydrogens is 238 g/mol. The Morgan fingerprint density at radius 1 is 1.21 bits per heavy atom. The lowest BCUT2D eigenvalue weighted by Crippen LogP contribution is -2.17. The van der Waals surface area contributed by atoms with Gasteiger partial charge in [-0.15, -0.1) is 10.2 Å². The number of benzene rings is 1. The van der Waals surface area contributed by atoms with Gasteiger partial charge in [0.2, 0.25) is 5.82 Å². The van der Waals surface area contributed by atoms with E-state index in [0.717, 1.165) is 23.7 Å². The Bertz CT molecular complexity index is 502. The van der Waals surface area contributed by atoms with Crippen LogP contribution in [0.15, 0.2) is 24.3 Å². The highest BCUT2D eigenvalue weighted by atomic mass is 15.5. The first-order valence-electron chi connectivity index (χ1n) is 6.99. The Morgan fingerprint density at radius 3 is 2.89 bits per heavy atom. The summed E-state index contributed by atoms with van der Waals surface area (Å²) in [5.41, 5.74) is 2.12. The second-order valence-corrected chi connectivity index (χ2v) is 5.20. The summed E-state index contributed by atoms with van der Waals surface area (Å²) in [4.78, 5) is 0.